The first-order valence-corrected chi connectivity index (χ1v) is 26.0. The number of rotatable bonds is 48. The molecule has 0 rings (SSSR count). The Morgan fingerprint density at radius 1 is 0.439 bits per heavy atom. The lowest BCUT2D eigenvalue weighted by atomic mass is 10.0. The van der Waals surface area contributed by atoms with Crippen molar-refractivity contribution in [3.8, 4) is 0 Å². The van der Waals surface area contributed by atoms with Crippen molar-refractivity contribution in [1.29, 1.82) is 0 Å². The third kappa shape index (κ3) is 44.5. The first kappa shape index (κ1) is 56.1. The quantitative estimate of drug-likeness (QED) is 0.0364. The van der Waals surface area contributed by atoms with Gasteiger partial charge in [-0.2, -0.15) is 0 Å². The van der Waals surface area contributed by atoms with Crippen molar-refractivity contribution in [2.45, 2.75) is 308 Å². The summed E-state index contributed by atoms with van der Waals surface area (Å²) in [6.07, 6.45) is 58.3. The molecule has 0 heterocycles. The van der Waals surface area contributed by atoms with Crippen LogP contribution in [0.25, 0.3) is 0 Å². The highest BCUT2D eigenvalue weighted by Crippen LogP contribution is 2.18. The molecule has 0 aromatic rings. The third-order valence-corrected chi connectivity index (χ3v) is 12.3. The van der Waals surface area contributed by atoms with Gasteiger partial charge < -0.3 is 20.6 Å². The van der Waals surface area contributed by atoms with Gasteiger partial charge in [0.25, 0.3) is 0 Å². The maximum absolute atomic E-state index is 12.5. The number of aliphatic hydroxyl groups excluding tert-OH is 3. The van der Waals surface area contributed by atoms with E-state index in [1.807, 2.05) is 6.08 Å². The Morgan fingerprint density at radius 2 is 0.719 bits per heavy atom. The Hall–Kier alpha value is -0.910. The van der Waals surface area contributed by atoms with Gasteiger partial charge in [-0.3, -0.25) is 4.79 Å². The van der Waals surface area contributed by atoms with Gasteiger partial charge in [-0.1, -0.05) is 276 Å². The Bertz CT molecular complexity index is 803. The summed E-state index contributed by atoms with van der Waals surface area (Å²) in [5.41, 5.74) is 0. The average Bonchev–Trinajstić information content (AvgIpc) is 3.20. The maximum atomic E-state index is 12.5. The molecule has 0 saturated carbocycles. The number of nitrogens with one attached hydrogen (secondary N) is 1. The second-order valence-corrected chi connectivity index (χ2v) is 18.1. The van der Waals surface area contributed by atoms with Crippen molar-refractivity contribution < 1.29 is 20.1 Å². The summed E-state index contributed by atoms with van der Waals surface area (Å²) < 4.78 is 0. The van der Waals surface area contributed by atoms with Crippen molar-refractivity contribution >= 4 is 5.91 Å². The summed E-state index contributed by atoms with van der Waals surface area (Å²) >= 11 is 0. The molecule has 0 aromatic carbocycles. The fourth-order valence-corrected chi connectivity index (χ4v) is 8.34. The minimum Gasteiger partial charge on any atom is -0.394 e. The molecule has 4 N–H and O–H groups in total. The fraction of sp³-hybridized carbons (Fsp3) is 0.942. The SMILES string of the molecule is CCCCCCCCCCCC/C=C/C(O)C(CO)NC(=O)CC(O)CCCCCCCCCCCCCCCCCCCCCCCCCCCCCCCC. The van der Waals surface area contributed by atoms with Crippen molar-refractivity contribution in [2.24, 2.45) is 0 Å². The number of amides is 1. The van der Waals surface area contributed by atoms with Crippen LogP contribution in [0, 0.1) is 0 Å². The first-order chi connectivity index (χ1) is 28.0. The Labute approximate surface area is 357 Å². The zero-order chi connectivity index (χ0) is 41.5. The van der Waals surface area contributed by atoms with E-state index in [9.17, 15) is 20.1 Å². The number of hydrogen-bond acceptors (Lipinski definition) is 4. The predicted molar refractivity (Wildman–Crippen MR) is 250 cm³/mol. The molecule has 0 spiro atoms. The van der Waals surface area contributed by atoms with Crippen LogP contribution in [0.5, 0.6) is 0 Å². The van der Waals surface area contributed by atoms with Crippen LogP contribution in [0.2, 0.25) is 0 Å². The van der Waals surface area contributed by atoms with Crippen molar-refractivity contribution in [2.75, 3.05) is 6.61 Å². The highest BCUT2D eigenvalue weighted by Gasteiger charge is 2.20. The van der Waals surface area contributed by atoms with Crippen LogP contribution < -0.4 is 5.32 Å². The lowest BCUT2D eigenvalue weighted by Gasteiger charge is -2.21. The molecular weight excluding hydrogens is 703 g/mol. The Balaban J connectivity index is 3.47. The Morgan fingerprint density at radius 3 is 1.02 bits per heavy atom. The molecule has 0 aliphatic carbocycles. The largest absolute Gasteiger partial charge is 0.394 e. The van der Waals surface area contributed by atoms with Gasteiger partial charge in [-0.05, 0) is 19.3 Å². The lowest BCUT2D eigenvalue weighted by Crippen LogP contribution is -2.45. The second kappa shape index (κ2) is 47.8. The van der Waals surface area contributed by atoms with Crippen LogP contribution in [0.3, 0.4) is 0 Å². The molecule has 0 radical (unpaired) electrons. The van der Waals surface area contributed by atoms with E-state index in [1.54, 1.807) is 6.08 Å². The molecule has 1 amide bonds. The minimum atomic E-state index is -0.924. The van der Waals surface area contributed by atoms with Gasteiger partial charge in [0.2, 0.25) is 5.91 Å². The van der Waals surface area contributed by atoms with Crippen LogP contribution in [0.4, 0.5) is 0 Å². The summed E-state index contributed by atoms with van der Waals surface area (Å²) in [5.74, 6) is -0.311. The summed E-state index contributed by atoms with van der Waals surface area (Å²) in [6, 6.07) is -0.739. The topological polar surface area (TPSA) is 89.8 Å². The smallest absolute Gasteiger partial charge is 0.222 e. The molecule has 0 aliphatic heterocycles. The van der Waals surface area contributed by atoms with E-state index in [0.717, 1.165) is 25.7 Å². The van der Waals surface area contributed by atoms with Crippen LogP contribution in [0.15, 0.2) is 12.2 Å². The summed E-state index contributed by atoms with van der Waals surface area (Å²) in [4.78, 5) is 12.5. The van der Waals surface area contributed by atoms with Gasteiger partial charge in [0.15, 0.2) is 0 Å². The Kier molecular flexibility index (Phi) is 47.0. The molecular formula is C52H103NO4. The number of hydrogen-bond donors (Lipinski definition) is 4. The molecule has 3 unspecified atom stereocenters. The van der Waals surface area contributed by atoms with Gasteiger partial charge in [0.05, 0.1) is 31.3 Å². The van der Waals surface area contributed by atoms with Crippen LogP contribution in [0.1, 0.15) is 290 Å². The fourth-order valence-electron chi connectivity index (χ4n) is 8.34. The van der Waals surface area contributed by atoms with Crippen molar-refractivity contribution in [1.82, 2.24) is 5.32 Å². The summed E-state index contributed by atoms with van der Waals surface area (Å²) in [6.45, 7) is 4.23. The highest BCUT2D eigenvalue weighted by molar-refractivity contribution is 5.76. The summed E-state index contributed by atoms with van der Waals surface area (Å²) in [5, 5.41) is 33.3. The molecule has 5 nitrogen and oxygen atoms in total. The van der Waals surface area contributed by atoms with E-state index >= 15 is 0 Å². The number of unbranched alkanes of at least 4 members (excludes halogenated alkanes) is 39. The van der Waals surface area contributed by atoms with Crippen molar-refractivity contribution in [3.63, 3.8) is 0 Å². The first-order valence-electron chi connectivity index (χ1n) is 26.0. The van der Waals surface area contributed by atoms with Crippen LogP contribution >= 0.6 is 0 Å². The molecule has 0 fully saturated rings. The molecule has 0 saturated heterocycles. The number of carbonyl (C=O) groups excluding carboxylic acids is 1. The van der Waals surface area contributed by atoms with Gasteiger partial charge in [-0.25, -0.2) is 0 Å². The molecule has 57 heavy (non-hydrogen) atoms. The van der Waals surface area contributed by atoms with E-state index in [2.05, 4.69) is 19.2 Å². The molecule has 340 valence electrons. The normalized spacial score (nSPS) is 13.4. The second-order valence-electron chi connectivity index (χ2n) is 18.1. The third-order valence-electron chi connectivity index (χ3n) is 12.3. The van der Waals surface area contributed by atoms with E-state index in [4.69, 9.17) is 0 Å². The average molecular weight is 806 g/mol. The van der Waals surface area contributed by atoms with Crippen LogP contribution in [-0.4, -0.2) is 46.1 Å². The van der Waals surface area contributed by atoms with Crippen LogP contribution in [-0.2, 0) is 4.79 Å². The lowest BCUT2D eigenvalue weighted by molar-refractivity contribution is -0.124. The molecule has 0 bridgehead atoms. The molecule has 3 atom stereocenters. The van der Waals surface area contributed by atoms with Gasteiger partial charge in [0.1, 0.15) is 0 Å². The van der Waals surface area contributed by atoms with E-state index in [-0.39, 0.29) is 18.9 Å². The van der Waals surface area contributed by atoms with Gasteiger partial charge >= 0.3 is 0 Å². The number of carbonyl (C=O) groups is 1. The number of allylic oxidation sites excluding steroid dienone is 1. The van der Waals surface area contributed by atoms with E-state index < -0.39 is 18.2 Å². The summed E-state index contributed by atoms with van der Waals surface area (Å²) in [7, 11) is 0. The minimum absolute atomic E-state index is 0.0190. The monoisotopic (exact) mass is 806 g/mol. The van der Waals surface area contributed by atoms with Gasteiger partial charge in [-0.15, -0.1) is 0 Å². The highest BCUT2D eigenvalue weighted by atomic mass is 16.3. The zero-order valence-corrected chi connectivity index (χ0v) is 38.7. The van der Waals surface area contributed by atoms with Gasteiger partial charge in [0, 0.05) is 0 Å². The van der Waals surface area contributed by atoms with E-state index in [1.165, 1.54) is 238 Å². The number of aliphatic hydroxyl groups is 3. The maximum Gasteiger partial charge on any atom is 0.222 e. The zero-order valence-electron chi connectivity index (χ0n) is 38.7. The molecule has 5 heteroatoms. The predicted octanol–water partition coefficient (Wildman–Crippen LogP) is 15.6. The van der Waals surface area contributed by atoms with E-state index in [0.29, 0.717) is 6.42 Å². The molecule has 0 aliphatic rings. The van der Waals surface area contributed by atoms with Crippen molar-refractivity contribution in [3.05, 3.63) is 12.2 Å². The molecule has 0 aromatic heterocycles. The standard InChI is InChI=1S/C52H103NO4/c1-3-5-7-9-11-13-15-17-18-19-20-21-22-23-24-25-26-27-28-29-30-31-32-33-34-35-37-39-41-43-45-49(55)47-52(57)53-50(48-54)51(56)46-44-42-40-38-36-16-14-12-10-8-6-4-2/h44,46,49-51,54-56H,3-43,45,47-48H2,1-2H3,(H,53,57)/b46-44+.